The molecule has 0 saturated carbocycles. The molecular weight excluding hydrogens is 388 g/mol. The van der Waals surface area contributed by atoms with Gasteiger partial charge in [-0.2, -0.15) is 5.10 Å². The van der Waals surface area contributed by atoms with Gasteiger partial charge >= 0.3 is 5.69 Å². The van der Waals surface area contributed by atoms with Gasteiger partial charge in [0, 0.05) is 5.69 Å². The molecule has 9 nitrogen and oxygen atoms in total. The summed E-state index contributed by atoms with van der Waals surface area (Å²) in [6.45, 7) is 4.40. The van der Waals surface area contributed by atoms with Gasteiger partial charge in [-0.25, -0.2) is 0 Å². The smallest absolute Gasteiger partial charge is 0.322 e. The minimum atomic E-state index is -0.652. The lowest BCUT2D eigenvalue weighted by atomic mass is 10.2. The quantitative estimate of drug-likeness (QED) is 0.389. The van der Waals surface area contributed by atoms with Crippen molar-refractivity contribution in [3.63, 3.8) is 0 Å². The van der Waals surface area contributed by atoms with Crippen molar-refractivity contribution in [2.45, 2.75) is 26.7 Å². The SMILES string of the molecule is CCCc1[nH]nc(C(=O)Nc2ccc(Oc3ccc(OCC)cc3)cc2)c1[N+](=O)[O-]. The lowest BCUT2D eigenvalue weighted by molar-refractivity contribution is -0.385. The Morgan fingerprint density at radius 2 is 1.67 bits per heavy atom. The molecular formula is C21H22N4O5. The largest absolute Gasteiger partial charge is 0.494 e. The van der Waals surface area contributed by atoms with Gasteiger partial charge in [-0.05, 0) is 61.9 Å². The van der Waals surface area contributed by atoms with E-state index < -0.39 is 10.8 Å². The van der Waals surface area contributed by atoms with Gasteiger partial charge in [0.05, 0.1) is 11.5 Å². The van der Waals surface area contributed by atoms with Gasteiger partial charge in [-0.3, -0.25) is 20.0 Å². The lowest BCUT2D eigenvalue weighted by Gasteiger charge is -2.08. The minimum absolute atomic E-state index is 0.238. The number of aryl methyl sites for hydroxylation is 1. The van der Waals surface area contributed by atoms with Gasteiger partial charge in [0.2, 0.25) is 5.69 Å². The number of aromatic amines is 1. The van der Waals surface area contributed by atoms with Crippen molar-refractivity contribution >= 4 is 17.3 Å². The van der Waals surface area contributed by atoms with Crippen LogP contribution in [-0.4, -0.2) is 27.6 Å². The predicted molar refractivity (Wildman–Crippen MR) is 111 cm³/mol. The molecule has 0 bridgehead atoms. The number of hydrogen-bond acceptors (Lipinski definition) is 6. The number of rotatable bonds is 9. The highest BCUT2D eigenvalue weighted by molar-refractivity contribution is 6.05. The molecule has 2 N–H and O–H groups in total. The molecule has 3 rings (SSSR count). The molecule has 30 heavy (non-hydrogen) atoms. The first kappa shape index (κ1) is 20.8. The van der Waals surface area contributed by atoms with Crippen molar-refractivity contribution in [1.29, 1.82) is 0 Å². The van der Waals surface area contributed by atoms with E-state index >= 15 is 0 Å². The number of H-pyrrole nitrogens is 1. The summed E-state index contributed by atoms with van der Waals surface area (Å²) < 4.78 is 11.2. The molecule has 0 fully saturated rings. The Balaban J connectivity index is 1.67. The van der Waals surface area contributed by atoms with Crippen molar-refractivity contribution in [3.8, 4) is 17.2 Å². The first-order chi connectivity index (χ1) is 14.5. The molecule has 0 unspecified atom stereocenters. The molecule has 0 aliphatic heterocycles. The number of ether oxygens (including phenoxy) is 2. The predicted octanol–water partition coefficient (Wildman–Crippen LogP) is 4.71. The number of amides is 1. The fourth-order valence-corrected chi connectivity index (χ4v) is 2.85. The fraction of sp³-hybridized carbons (Fsp3) is 0.238. The molecule has 0 saturated heterocycles. The zero-order chi connectivity index (χ0) is 21.5. The first-order valence-corrected chi connectivity index (χ1v) is 9.55. The number of hydrogen-bond donors (Lipinski definition) is 2. The van der Waals surface area contributed by atoms with Crippen LogP contribution in [0.5, 0.6) is 17.2 Å². The van der Waals surface area contributed by atoms with E-state index in [-0.39, 0.29) is 11.4 Å². The number of aromatic nitrogens is 2. The van der Waals surface area contributed by atoms with Crippen molar-refractivity contribution in [2.75, 3.05) is 11.9 Å². The number of nitrogens with zero attached hydrogens (tertiary/aromatic N) is 2. The summed E-state index contributed by atoms with van der Waals surface area (Å²) in [5.41, 5.74) is 0.281. The van der Waals surface area contributed by atoms with Crippen molar-refractivity contribution in [3.05, 3.63) is 70.0 Å². The third-order valence-electron chi connectivity index (χ3n) is 4.19. The highest BCUT2D eigenvalue weighted by Gasteiger charge is 2.28. The Labute approximate surface area is 173 Å². The van der Waals surface area contributed by atoms with E-state index in [1.807, 2.05) is 26.0 Å². The summed E-state index contributed by atoms with van der Waals surface area (Å²) in [7, 11) is 0. The van der Waals surface area contributed by atoms with E-state index in [0.717, 1.165) is 5.75 Å². The molecule has 9 heteroatoms. The summed E-state index contributed by atoms with van der Waals surface area (Å²) in [6, 6.07) is 13.9. The highest BCUT2D eigenvalue weighted by atomic mass is 16.6. The average Bonchev–Trinajstić information content (AvgIpc) is 3.16. The third kappa shape index (κ3) is 4.93. The number of carbonyl (C=O) groups excluding carboxylic acids is 1. The number of benzene rings is 2. The zero-order valence-corrected chi connectivity index (χ0v) is 16.7. The molecule has 1 amide bonds. The monoisotopic (exact) mass is 410 g/mol. The summed E-state index contributed by atoms with van der Waals surface area (Å²) >= 11 is 0. The Morgan fingerprint density at radius 3 is 2.23 bits per heavy atom. The van der Waals surface area contributed by atoms with Gasteiger partial charge in [0.15, 0.2) is 0 Å². The molecule has 0 atom stereocenters. The van der Waals surface area contributed by atoms with Crippen LogP contribution in [0.3, 0.4) is 0 Å². The standard InChI is InChI=1S/C21H22N4O5/c1-3-5-18-20(25(27)28)19(24-23-18)21(26)22-14-6-8-16(9-7-14)30-17-12-10-15(11-13-17)29-4-2/h6-13H,3-5H2,1-2H3,(H,22,26)(H,23,24). The number of nitro groups is 1. The molecule has 1 aromatic heterocycles. The van der Waals surface area contributed by atoms with Crippen LogP contribution in [0.1, 0.15) is 36.5 Å². The van der Waals surface area contributed by atoms with Crippen molar-refractivity contribution in [2.24, 2.45) is 0 Å². The summed E-state index contributed by atoms with van der Waals surface area (Å²) in [6.07, 6.45) is 1.13. The topological polar surface area (TPSA) is 119 Å². The van der Waals surface area contributed by atoms with Crippen LogP contribution in [0.2, 0.25) is 0 Å². The van der Waals surface area contributed by atoms with Crippen LogP contribution in [0.15, 0.2) is 48.5 Å². The summed E-state index contributed by atoms with van der Waals surface area (Å²) in [5.74, 6) is 1.33. The number of anilines is 1. The molecule has 156 valence electrons. The van der Waals surface area contributed by atoms with Crippen molar-refractivity contribution < 1.29 is 19.2 Å². The summed E-state index contributed by atoms with van der Waals surface area (Å²) in [5, 5.41) is 20.4. The Bertz CT molecular complexity index is 1010. The second kappa shape index (κ2) is 9.55. The van der Waals surface area contributed by atoms with Crippen molar-refractivity contribution in [1.82, 2.24) is 10.2 Å². The van der Waals surface area contributed by atoms with E-state index in [2.05, 4.69) is 15.5 Å². The van der Waals surface area contributed by atoms with Crippen LogP contribution in [-0.2, 0) is 6.42 Å². The van der Waals surface area contributed by atoms with Gasteiger partial charge in [0.25, 0.3) is 5.91 Å². The van der Waals surface area contributed by atoms with Crippen LogP contribution in [0.25, 0.3) is 0 Å². The number of carbonyl (C=O) groups is 1. The van der Waals surface area contributed by atoms with Gasteiger partial charge < -0.3 is 14.8 Å². The molecule has 0 spiro atoms. The Hall–Kier alpha value is -3.88. The maximum absolute atomic E-state index is 12.5. The second-order valence-corrected chi connectivity index (χ2v) is 6.39. The van der Waals surface area contributed by atoms with Crippen LogP contribution >= 0.6 is 0 Å². The zero-order valence-electron chi connectivity index (χ0n) is 16.7. The first-order valence-electron chi connectivity index (χ1n) is 9.55. The van der Waals surface area contributed by atoms with E-state index in [1.54, 1.807) is 36.4 Å². The van der Waals surface area contributed by atoms with Gasteiger partial charge in [-0.1, -0.05) is 13.3 Å². The molecule has 0 radical (unpaired) electrons. The van der Waals surface area contributed by atoms with Gasteiger partial charge in [-0.15, -0.1) is 0 Å². The average molecular weight is 410 g/mol. The van der Waals surface area contributed by atoms with Crippen LogP contribution < -0.4 is 14.8 Å². The molecule has 1 heterocycles. The lowest BCUT2D eigenvalue weighted by Crippen LogP contribution is -2.14. The van der Waals surface area contributed by atoms with Crippen LogP contribution in [0, 0.1) is 10.1 Å². The molecule has 0 aliphatic rings. The maximum Gasteiger partial charge on any atom is 0.322 e. The summed E-state index contributed by atoms with van der Waals surface area (Å²) in [4.78, 5) is 23.2. The number of nitrogens with one attached hydrogen (secondary N) is 2. The highest BCUT2D eigenvalue weighted by Crippen LogP contribution is 2.26. The fourth-order valence-electron chi connectivity index (χ4n) is 2.85. The Morgan fingerprint density at radius 1 is 1.07 bits per heavy atom. The second-order valence-electron chi connectivity index (χ2n) is 6.39. The minimum Gasteiger partial charge on any atom is -0.494 e. The third-order valence-corrected chi connectivity index (χ3v) is 4.19. The van der Waals surface area contributed by atoms with E-state index in [1.165, 1.54) is 0 Å². The molecule has 3 aromatic rings. The molecule has 2 aromatic carbocycles. The maximum atomic E-state index is 12.5. The normalized spacial score (nSPS) is 10.5. The molecule has 0 aliphatic carbocycles. The van der Waals surface area contributed by atoms with Gasteiger partial charge in [0.1, 0.15) is 22.9 Å². The van der Waals surface area contributed by atoms with E-state index in [9.17, 15) is 14.9 Å². The van der Waals surface area contributed by atoms with E-state index in [0.29, 0.717) is 42.3 Å². The Kier molecular flexibility index (Phi) is 6.63. The van der Waals surface area contributed by atoms with E-state index in [4.69, 9.17) is 9.47 Å². The van der Waals surface area contributed by atoms with Crippen LogP contribution in [0.4, 0.5) is 11.4 Å².